The predicted octanol–water partition coefficient (Wildman–Crippen LogP) is 0.860. The number of carbonyl (C=O) groups is 2. The molecule has 0 aliphatic carbocycles. The van der Waals surface area contributed by atoms with Gasteiger partial charge in [-0.2, -0.15) is 0 Å². The number of rotatable bonds is 2. The van der Waals surface area contributed by atoms with Gasteiger partial charge in [-0.3, -0.25) is 0 Å². The van der Waals surface area contributed by atoms with Crippen LogP contribution >= 0.6 is 0 Å². The fourth-order valence-electron chi connectivity index (χ4n) is 2.23. The van der Waals surface area contributed by atoms with E-state index in [4.69, 9.17) is 9.47 Å². The van der Waals surface area contributed by atoms with Crippen molar-refractivity contribution in [3.8, 4) is 5.75 Å². The summed E-state index contributed by atoms with van der Waals surface area (Å²) < 4.78 is 10.0. The number of ether oxygens (including phenoxy) is 2. The molecule has 0 fully saturated rings. The van der Waals surface area contributed by atoms with Crippen LogP contribution in [0.25, 0.3) is 0 Å². The van der Waals surface area contributed by atoms with Crippen molar-refractivity contribution in [1.82, 2.24) is 10.6 Å². The zero-order valence-electron chi connectivity index (χ0n) is 10.2. The van der Waals surface area contributed by atoms with E-state index in [1.165, 1.54) is 0 Å². The van der Waals surface area contributed by atoms with Gasteiger partial charge in [-0.1, -0.05) is 12.1 Å². The highest BCUT2D eigenvalue weighted by Gasteiger charge is 2.37. The third-order valence-corrected chi connectivity index (χ3v) is 3.17. The molecular formula is C13H12N2O4. The van der Waals surface area contributed by atoms with Crippen molar-refractivity contribution in [2.24, 2.45) is 0 Å². The summed E-state index contributed by atoms with van der Waals surface area (Å²) in [4.78, 5) is 23.3. The summed E-state index contributed by atoms with van der Waals surface area (Å²) in [6, 6.07) is 6.37. The number of hydrogen-bond donors (Lipinski definition) is 2. The highest BCUT2D eigenvalue weighted by molar-refractivity contribution is 5.97. The van der Waals surface area contributed by atoms with Crippen molar-refractivity contribution in [3.05, 3.63) is 41.1 Å². The van der Waals surface area contributed by atoms with Gasteiger partial charge in [0.05, 0.1) is 24.4 Å². The van der Waals surface area contributed by atoms with E-state index in [9.17, 15) is 9.59 Å². The molecule has 0 saturated heterocycles. The SMILES string of the molecule is COc1ccc([C@@H]2NC(=O)NC3=C2C(=O)OC3)cc1. The number of carbonyl (C=O) groups excluding carboxylic acids is 2. The molecule has 0 spiro atoms. The molecule has 1 aromatic carbocycles. The van der Waals surface area contributed by atoms with Gasteiger partial charge in [-0.15, -0.1) is 0 Å². The lowest BCUT2D eigenvalue weighted by Gasteiger charge is -2.24. The maximum Gasteiger partial charge on any atom is 0.338 e. The van der Waals surface area contributed by atoms with E-state index in [0.717, 1.165) is 5.56 Å². The van der Waals surface area contributed by atoms with Gasteiger partial charge in [0.1, 0.15) is 12.4 Å². The molecule has 1 atom stereocenters. The zero-order valence-corrected chi connectivity index (χ0v) is 10.2. The normalized spacial score (nSPS) is 21.4. The molecule has 6 nitrogen and oxygen atoms in total. The van der Waals surface area contributed by atoms with Crippen LogP contribution < -0.4 is 15.4 Å². The van der Waals surface area contributed by atoms with Crippen LogP contribution in [-0.2, 0) is 9.53 Å². The minimum absolute atomic E-state index is 0.119. The Kier molecular flexibility index (Phi) is 2.63. The molecule has 2 aliphatic rings. The number of nitrogens with one attached hydrogen (secondary N) is 2. The molecule has 0 unspecified atom stereocenters. The molecular weight excluding hydrogens is 248 g/mol. The molecule has 19 heavy (non-hydrogen) atoms. The second kappa shape index (κ2) is 4.31. The summed E-state index contributed by atoms with van der Waals surface area (Å²) in [7, 11) is 1.58. The first-order chi connectivity index (χ1) is 9.19. The number of hydrogen-bond acceptors (Lipinski definition) is 4. The number of cyclic esters (lactones) is 1. The van der Waals surface area contributed by atoms with Crippen LogP contribution in [0.1, 0.15) is 11.6 Å². The summed E-state index contributed by atoms with van der Waals surface area (Å²) in [5.74, 6) is 0.315. The topological polar surface area (TPSA) is 76.7 Å². The smallest absolute Gasteiger partial charge is 0.338 e. The van der Waals surface area contributed by atoms with Crippen molar-refractivity contribution in [3.63, 3.8) is 0 Å². The van der Waals surface area contributed by atoms with Gasteiger partial charge in [0, 0.05) is 0 Å². The van der Waals surface area contributed by atoms with Crippen molar-refractivity contribution in [1.29, 1.82) is 0 Å². The molecule has 0 saturated carbocycles. The molecule has 2 aliphatic heterocycles. The average molecular weight is 260 g/mol. The summed E-state index contributed by atoms with van der Waals surface area (Å²) in [5, 5.41) is 5.31. The van der Waals surface area contributed by atoms with Gasteiger partial charge >= 0.3 is 12.0 Å². The molecule has 0 bridgehead atoms. The van der Waals surface area contributed by atoms with E-state index in [2.05, 4.69) is 10.6 Å². The van der Waals surface area contributed by atoms with Crippen LogP contribution in [0.15, 0.2) is 35.5 Å². The van der Waals surface area contributed by atoms with Gasteiger partial charge in [0.25, 0.3) is 0 Å². The fraction of sp³-hybridized carbons (Fsp3) is 0.231. The highest BCUT2D eigenvalue weighted by atomic mass is 16.5. The molecule has 6 heteroatoms. The van der Waals surface area contributed by atoms with Crippen molar-refractivity contribution in [2.75, 3.05) is 13.7 Å². The van der Waals surface area contributed by atoms with E-state index >= 15 is 0 Å². The largest absolute Gasteiger partial charge is 0.497 e. The van der Waals surface area contributed by atoms with Gasteiger partial charge in [0.2, 0.25) is 0 Å². The second-order valence-electron chi connectivity index (χ2n) is 4.27. The van der Waals surface area contributed by atoms with Crippen LogP contribution in [0.3, 0.4) is 0 Å². The van der Waals surface area contributed by atoms with Gasteiger partial charge in [-0.25, -0.2) is 9.59 Å². The Labute approximate surface area is 109 Å². The Bertz CT molecular complexity index is 577. The number of methoxy groups -OCH3 is 1. The quantitative estimate of drug-likeness (QED) is 0.773. The molecule has 0 aromatic heterocycles. The van der Waals surface area contributed by atoms with E-state index < -0.39 is 12.0 Å². The van der Waals surface area contributed by atoms with Gasteiger partial charge < -0.3 is 20.1 Å². The van der Waals surface area contributed by atoms with Gasteiger partial charge in [0.15, 0.2) is 0 Å². The van der Waals surface area contributed by atoms with Crippen molar-refractivity contribution >= 4 is 12.0 Å². The van der Waals surface area contributed by atoms with E-state index in [0.29, 0.717) is 17.0 Å². The van der Waals surface area contributed by atoms with Crippen LogP contribution in [-0.4, -0.2) is 25.7 Å². The van der Waals surface area contributed by atoms with Crippen LogP contribution in [0.2, 0.25) is 0 Å². The van der Waals surface area contributed by atoms with Crippen LogP contribution in [0.4, 0.5) is 4.79 Å². The van der Waals surface area contributed by atoms with Crippen LogP contribution in [0.5, 0.6) is 5.75 Å². The Morgan fingerprint density at radius 3 is 2.68 bits per heavy atom. The van der Waals surface area contributed by atoms with E-state index in [-0.39, 0.29) is 12.6 Å². The number of benzene rings is 1. The first kappa shape index (κ1) is 11.6. The van der Waals surface area contributed by atoms with E-state index in [1.807, 2.05) is 12.1 Å². The molecule has 2 N–H and O–H groups in total. The second-order valence-corrected chi connectivity index (χ2v) is 4.27. The number of esters is 1. The first-order valence-electron chi connectivity index (χ1n) is 5.80. The molecule has 3 rings (SSSR count). The summed E-state index contributed by atoms with van der Waals surface area (Å²) in [5.41, 5.74) is 1.81. The first-order valence-corrected chi connectivity index (χ1v) is 5.80. The minimum atomic E-state index is -0.482. The molecule has 2 amide bonds. The molecule has 1 aromatic rings. The lowest BCUT2D eigenvalue weighted by Crippen LogP contribution is -2.44. The fourth-order valence-corrected chi connectivity index (χ4v) is 2.23. The van der Waals surface area contributed by atoms with Crippen LogP contribution in [0, 0.1) is 0 Å². The lowest BCUT2D eigenvalue weighted by molar-refractivity contribution is -0.136. The zero-order chi connectivity index (χ0) is 13.4. The van der Waals surface area contributed by atoms with Crippen molar-refractivity contribution in [2.45, 2.75) is 6.04 Å². The van der Waals surface area contributed by atoms with Crippen molar-refractivity contribution < 1.29 is 19.1 Å². The molecule has 98 valence electrons. The Balaban J connectivity index is 1.99. The Morgan fingerprint density at radius 2 is 2.00 bits per heavy atom. The monoisotopic (exact) mass is 260 g/mol. The minimum Gasteiger partial charge on any atom is -0.497 e. The molecule has 2 heterocycles. The molecule has 0 radical (unpaired) electrons. The predicted molar refractivity (Wildman–Crippen MR) is 65.4 cm³/mol. The Morgan fingerprint density at radius 1 is 1.26 bits per heavy atom. The Hall–Kier alpha value is -2.50. The highest BCUT2D eigenvalue weighted by Crippen LogP contribution is 2.31. The summed E-state index contributed by atoms with van der Waals surface area (Å²) in [6.07, 6.45) is 0. The summed E-state index contributed by atoms with van der Waals surface area (Å²) in [6.45, 7) is 0.119. The van der Waals surface area contributed by atoms with E-state index in [1.54, 1.807) is 19.2 Å². The maximum absolute atomic E-state index is 11.7. The standard InChI is InChI=1S/C13H12N2O4/c1-18-8-4-2-7(3-5-8)11-10-9(6-19-12(10)16)14-13(17)15-11/h2-5,11H,6H2,1H3,(H2,14,15,17)/t11-/m0/s1. The van der Waals surface area contributed by atoms with Gasteiger partial charge in [-0.05, 0) is 17.7 Å². The maximum atomic E-state index is 11.7. The third kappa shape index (κ3) is 1.91. The number of amides is 2. The third-order valence-electron chi connectivity index (χ3n) is 3.17. The summed E-state index contributed by atoms with van der Waals surface area (Å²) >= 11 is 0. The lowest BCUT2D eigenvalue weighted by atomic mass is 9.96. The average Bonchev–Trinajstić information content (AvgIpc) is 2.79. The number of urea groups is 1.